The Hall–Kier alpha value is -3.75. The van der Waals surface area contributed by atoms with Crippen LogP contribution in [0.4, 0.5) is 5.69 Å². The Morgan fingerprint density at radius 1 is 1.03 bits per heavy atom. The molecule has 1 saturated heterocycles. The summed E-state index contributed by atoms with van der Waals surface area (Å²) in [5, 5.41) is 11.6. The molecular formula is C28H26Cl2N4O4. The van der Waals surface area contributed by atoms with Gasteiger partial charge in [0, 0.05) is 56.2 Å². The molecule has 1 aliphatic rings. The van der Waals surface area contributed by atoms with E-state index in [1.54, 1.807) is 30.1 Å². The zero-order valence-electron chi connectivity index (χ0n) is 20.9. The molecule has 8 nitrogen and oxygen atoms in total. The highest BCUT2D eigenvalue weighted by molar-refractivity contribution is 6.42. The summed E-state index contributed by atoms with van der Waals surface area (Å²) in [5.41, 5.74) is 3.79. The number of halogens is 2. The Bertz CT molecular complexity index is 1540. The van der Waals surface area contributed by atoms with E-state index in [4.69, 9.17) is 27.9 Å². The first kappa shape index (κ1) is 25.9. The summed E-state index contributed by atoms with van der Waals surface area (Å²) in [6.45, 7) is 4.24. The molecule has 0 radical (unpaired) electrons. The highest BCUT2D eigenvalue weighted by atomic mass is 35.5. The third-order valence-electron chi connectivity index (χ3n) is 6.67. The number of hydrogen-bond donors (Lipinski definition) is 1. The Morgan fingerprint density at radius 3 is 2.47 bits per heavy atom. The number of para-hydroxylation sites is 1. The molecule has 1 N–H and O–H groups in total. The van der Waals surface area contributed by atoms with Gasteiger partial charge < -0.3 is 24.2 Å². The lowest BCUT2D eigenvalue weighted by atomic mass is 10.1. The number of ether oxygens (including phenoxy) is 1. The van der Waals surface area contributed by atoms with Crippen molar-refractivity contribution in [2.24, 2.45) is 7.05 Å². The van der Waals surface area contributed by atoms with Crippen LogP contribution in [0.25, 0.3) is 10.9 Å². The molecule has 4 aromatic rings. The van der Waals surface area contributed by atoms with Crippen molar-refractivity contribution in [3.05, 3.63) is 87.3 Å². The van der Waals surface area contributed by atoms with Crippen LogP contribution in [0.5, 0.6) is 5.75 Å². The number of rotatable bonds is 6. The average Bonchev–Trinajstić information content (AvgIpc) is 3.24. The van der Waals surface area contributed by atoms with Gasteiger partial charge in [0.1, 0.15) is 12.2 Å². The summed E-state index contributed by atoms with van der Waals surface area (Å²) >= 11 is 12.1. The fraction of sp³-hybridized carbons (Fsp3) is 0.250. The number of piperazine rings is 1. The Kier molecular flexibility index (Phi) is 7.19. The van der Waals surface area contributed by atoms with Crippen molar-refractivity contribution < 1.29 is 19.4 Å². The molecule has 0 atom stereocenters. The molecule has 10 heteroatoms. The lowest BCUT2D eigenvalue weighted by molar-refractivity contribution is 0.0692. The molecular weight excluding hydrogens is 527 g/mol. The molecule has 1 amide bonds. The minimum Gasteiger partial charge on any atom is -0.486 e. The van der Waals surface area contributed by atoms with Crippen LogP contribution >= 0.6 is 23.2 Å². The van der Waals surface area contributed by atoms with Gasteiger partial charge in [-0.25, -0.2) is 4.79 Å². The highest BCUT2D eigenvalue weighted by Crippen LogP contribution is 2.31. The number of anilines is 1. The van der Waals surface area contributed by atoms with Crippen LogP contribution in [-0.4, -0.2) is 57.6 Å². The van der Waals surface area contributed by atoms with E-state index in [0.717, 1.165) is 22.3 Å². The second kappa shape index (κ2) is 10.6. The fourth-order valence-corrected chi connectivity index (χ4v) is 5.10. The minimum atomic E-state index is -1.17. The lowest BCUT2D eigenvalue weighted by Gasteiger charge is -2.36. The standard InChI is InChI=1S/C28H26Cl2N4O4/c1-17-13-24(19-5-3-4-6-23(19)31-17)33-9-11-34(12-10-33)27(35)25-26(20(28(36)37)15-32(25)2)38-16-18-7-8-21(29)22(30)14-18/h3-8,13-15H,9-12,16H2,1-2H3,(H,36,37). The smallest absolute Gasteiger partial charge is 0.341 e. The first-order valence-corrected chi connectivity index (χ1v) is 12.9. The van der Waals surface area contributed by atoms with Gasteiger partial charge in [-0.1, -0.05) is 47.5 Å². The van der Waals surface area contributed by atoms with Crippen LogP contribution in [0.15, 0.2) is 54.7 Å². The van der Waals surface area contributed by atoms with Crippen molar-refractivity contribution in [2.75, 3.05) is 31.1 Å². The Labute approximate surface area is 230 Å². The third kappa shape index (κ3) is 5.01. The summed E-state index contributed by atoms with van der Waals surface area (Å²) in [4.78, 5) is 34.2. The van der Waals surface area contributed by atoms with Crippen LogP contribution < -0.4 is 9.64 Å². The van der Waals surface area contributed by atoms with Crippen LogP contribution in [0.3, 0.4) is 0 Å². The monoisotopic (exact) mass is 552 g/mol. The molecule has 38 heavy (non-hydrogen) atoms. The summed E-state index contributed by atoms with van der Waals surface area (Å²) in [6, 6.07) is 15.1. The molecule has 0 aliphatic carbocycles. The first-order chi connectivity index (χ1) is 18.2. The number of carboxylic acids is 1. The second-order valence-electron chi connectivity index (χ2n) is 9.25. The summed E-state index contributed by atoms with van der Waals surface area (Å²) in [5.74, 6) is -1.41. The number of amides is 1. The van der Waals surface area contributed by atoms with Gasteiger partial charge in [-0.3, -0.25) is 9.78 Å². The van der Waals surface area contributed by atoms with Crippen molar-refractivity contribution in [1.82, 2.24) is 14.5 Å². The molecule has 0 spiro atoms. The summed E-state index contributed by atoms with van der Waals surface area (Å²) < 4.78 is 7.44. The molecule has 196 valence electrons. The van der Waals surface area contributed by atoms with Crippen LogP contribution in [0.1, 0.15) is 32.1 Å². The van der Waals surface area contributed by atoms with Gasteiger partial charge in [0.2, 0.25) is 0 Å². The Morgan fingerprint density at radius 2 is 1.76 bits per heavy atom. The molecule has 2 aromatic heterocycles. The molecule has 0 bridgehead atoms. The molecule has 2 aromatic carbocycles. The number of carbonyl (C=O) groups is 2. The van der Waals surface area contributed by atoms with E-state index in [9.17, 15) is 14.7 Å². The number of aromatic carboxylic acids is 1. The molecule has 5 rings (SSSR count). The fourth-order valence-electron chi connectivity index (χ4n) is 4.78. The predicted octanol–water partition coefficient (Wildman–Crippen LogP) is 5.43. The van der Waals surface area contributed by atoms with Gasteiger partial charge >= 0.3 is 5.97 Å². The maximum atomic E-state index is 13.7. The zero-order chi connectivity index (χ0) is 27.0. The van der Waals surface area contributed by atoms with Crippen molar-refractivity contribution in [1.29, 1.82) is 0 Å². The quantitative estimate of drug-likeness (QED) is 0.343. The van der Waals surface area contributed by atoms with Crippen LogP contribution in [-0.2, 0) is 13.7 Å². The Balaban J connectivity index is 1.36. The number of pyridine rings is 1. The molecule has 0 saturated carbocycles. The number of benzene rings is 2. The van der Waals surface area contributed by atoms with Crippen molar-refractivity contribution in [3.63, 3.8) is 0 Å². The van der Waals surface area contributed by atoms with Gasteiger partial charge in [-0.15, -0.1) is 0 Å². The largest absolute Gasteiger partial charge is 0.486 e. The zero-order valence-corrected chi connectivity index (χ0v) is 22.5. The topological polar surface area (TPSA) is 87.9 Å². The van der Waals surface area contributed by atoms with Crippen LogP contribution in [0.2, 0.25) is 10.0 Å². The van der Waals surface area contributed by atoms with E-state index in [0.29, 0.717) is 41.8 Å². The summed E-state index contributed by atoms with van der Waals surface area (Å²) in [7, 11) is 1.65. The van der Waals surface area contributed by atoms with E-state index in [1.807, 2.05) is 25.1 Å². The third-order valence-corrected chi connectivity index (χ3v) is 7.40. The molecule has 1 aliphatic heterocycles. The van der Waals surface area contributed by atoms with Gasteiger partial charge in [0.05, 0.1) is 15.6 Å². The van der Waals surface area contributed by atoms with Gasteiger partial charge in [-0.2, -0.15) is 0 Å². The van der Waals surface area contributed by atoms with Gasteiger partial charge in [0.15, 0.2) is 11.4 Å². The normalized spacial score (nSPS) is 13.7. The highest BCUT2D eigenvalue weighted by Gasteiger charge is 2.31. The van der Waals surface area contributed by atoms with Gasteiger partial charge in [0.25, 0.3) is 5.91 Å². The maximum Gasteiger partial charge on any atom is 0.341 e. The summed E-state index contributed by atoms with van der Waals surface area (Å²) in [6.07, 6.45) is 1.40. The lowest BCUT2D eigenvalue weighted by Crippen LogP contribution is -2.49. The second-order valence-corrected chi connectivity index (χ2v) is 10.1. The number of aromatic nitrogens is 2. The maximum absolute atomic E-state index is 13.7. The average molecular weight is 553 g/mol. The van der Waals surface area contributed by atoms with Gasteiger partial charge in [-0.05, 0) is 36.8 Å². The number of aryl methyl sites for hydroxylation is 2. The van der Waals surface area contributed by atoms with E-state index < -0.39 is 5.97 Å². The number of hydrogen-bond acceptors (Lipinski definition) is 5. The van der Waals surface area contributed by atoms with Crippen LogP contribution in [0, 0.1) is 6.92 Å². The molecule has 0 unspecified atom stereocenters. The van der Waals surface area contributed by atoms with Crippen molar-refractivity contribution in [3.8, 4) is 5.75 Å². The molecule has 3 heterocycles. The van der Waals surface area contributed by atoms with Crippen molar-refractivity contribution in [2.45, 2.75) is 13.5 Å². The van der Waals surface area contributed by atoms with E-state index in [2.05, 4.69) is 22.0 Å². The number of fused-ring (bicyclic) bond motifs is 1. The minimum absolute atomic E-state index is 0.0315. The SMILES string of the molecule is Cc1cc(N2CCN(C(=O)c3c(OCc4ccc(Cl)c(Cl)c4)c(C(=O)O)cn3C)CC2)c2ccccc2n1. The predicted molar refractivity (Wildman–Crippen MR) is 148 cm³/mol. The number of carboxylic acid groups (broad SMARTS) is 1. The number of nitrogens with zero attached hydrogens (tertiary/aromatic N) is 4. The van der Waals surface area contributed by atoms with E-state index in [-0.39, 0.29) is 29.5 Å². The van der Waals surface area contributed by atoms with E-state index in [1.165, 1.54) is 10.8 Å². The first-order valence-electron chi connectivity index (χ1n) is 12.1. The number of carbonyl (C=O) groups excluding carboxylic acids is 1. The molecule has 1 fully saturated rings. The van der Waals surface area contributed by atoms with E-state index >= 15 is 0 Å². The van der Waals surface area contributed by atoms with Crippen molar-refractivity contribution >= 4 is 51.7 Å².